The standard InChI is InChI=1S/C25H30N4O4/c1-6-8-17(7-2)29-23-18-11-16(14-30)21(32-5)12-20(18)26-13-19(23)22(27-29)24(31)28-9-10-33-15-25(28,3)4/h6-8,11-12,14,26H,9-10,13,15H2,1-5H3/b8-6-,17-7+. The number of nitrogens with one attached hydrogen (secondary N) is 1. The molecule has 0 spiro atoms. The van der Waals surface area contributed by atoms with E-state index in [4.69, 9.17) is 14.6 Å². The third-order valence-corrected chi connectivity index (χ3v) is 6.16. The first-order valence-corrected chi connectivity index (χ1v) is 11.1. The van der Waals surface area contributed by atoms with Crippen LogP contribution in [-0.2, 0) is 11.3 Å². The molecule has 8 nitrogen and oxygen atoms in total. The van der Waals surface area contributed by atoms with Gasteiger partial charge in [-0.3, -0.25) is 9.59 Å². The Kier molecular flexibility index (Phi) is 6.12. The van der Waals surface area contributed by atoms with Gasteiger partial charge < -0.3 is 19.7 Å². The lowest BCUT2D eigenvalue weighted by Crippen LogP contribution is -2.55. The molecule has 0 unspecified atom stereocenters. The fraction of sp³-hybridized carbons (Fsp3) is 0.400. The molecule has 1 aromatic heterocycles. The molecule has 33 heavy (non-hydrogen) atoms. The highest BCUT2D eigenvalue weighted by atomic mass is 16.5. The number of methoxy groups -OCH3 is 1. The molecule has 1 fully saturated rings. The molecule has 1 saturated heterocycles. The van der Waals surface area contributed by atoms with Gasteiger partial charge in [-0.25, -0.2) is 4.68 Å². The molecule has 1 aromatic carbocycles. The van der Waals surface area contributed by atoms with E-state index in [1.165, 1.54) is 7.11 Å². The summed E-state index contributed by atoms with van der Waals surface area (Å²) in [5.74, 6) is 0.375. The van der Waals surface area contributed by atoms with Crippen LogP contribution in [0.15, 0.2) is 30.4 Å². The van der Waals surface area contributed by atoms with E-state index in [2.05, 4.69) is 5.32 Å². The molecular formula is C25H30N4O4. The smallest absolute Gasteiger partial charge is 0.275 e. The second kappa shape index (κ2) is 8.86. The lowest BCUT2D eigenvalue weighted by molar-refractivity contribution is -0.0373. The van der Waals surface area contributed by atoms with Gasteiger partial charge in [0.15, 0.2) is 12.0 Å². The van der Waals surface area contributed by atoms with Crippen molar-refractivity contribution in [3.05, 3.63) is 47.2 Å². The van der Waals surface area contributed by atoms with Crippen LogP contribution in [0.2, 0.25) is 0 Å². The van der Waals surface area contributed by atoms with E-state index >= 15 is 0 Å². The van der Waals surface area contributed by atoms with Crippen molar-refractivity contribution in [1.29, 1.82) is 0 Å². The Morgan fingerprint density at radius 2 is 2.09 bits per heavy atom. The van der Waals surface area contributed by atoms with E-state index in [0.717, 1.165) is 34.5 Å². The molecule has 2 aliphatic heterocycles. The first-order valence-electron chi connectivity index (χ1n) is 11.1. The molecular weight excluding hydrogens is 420 g/mol. The Balaban J connectivity index is 1.94. The summed E-state index contributed by atoms with van der Waals surface area (Å²) in [7, 11) is 1.54. The Labute approximate surface area is 193 Å². The van der Waals surface area contributed by atoms with Crippen molar-refractivity contribution in [3.8, 4) is 17.0 Å². The number of rotatable bonds is 5. The first kappa shape index (κ1) is 22.8. The Hall–Kier alpha value is -3.39. The maximum Gasteiger partial charge on any atom is 0.275 e. The van der Waals surface area contributed by atoms with Gasteiger partial charge in [-0.2, -0.15) is 5.10 Å². The van der Waals surface area contributed by atoms with Crippen molar-refractivity contribution < 1.29 is 19.1 Å². The molecule has 1 amide bonds. The van der Waals surface area contributed by atoms with Crippen LogP contribution >= 0.6 is 0 Å². The van der Waals surface area contributed by atoms with Crippen LogP contribution in [-0.4, -0.2) is 59.3 Å². The number of aldehydes is 1. The zero-order chi connectivity index (χ0) is 23.8. The summed E-state index contributed by atoms with van der Waals surface area (Å²) in [5, 5.41) is 8.21. The predicted octanol–water partition coefficient (Wildman–Crippen LogP) is 3.98. The zero-order valence-electron chi connectivity index (χ0n) is 19.8. The van der Waals surface area contributed by atoms with Crippen molar-refractivity contribution in [2.45, 2.75) is 39.8 Å². The maximum absolute atomic E-state index is 13.8. The van der Waals surface area contributed by atoms with Crippen molar-refractivity contribution in [1.82, 2.24) is 14.7 Å². The minimum absolute atomic E-state index is 0.122. The third kappa shape index (κ3) is 3.84. The van der Waals surface area contributed by atoms with Gasteiger partial charge in [0.1, 0.15) is 5.75 Å². The van der Waals surface area contributed by atoms with Gasteiger partial charge in [0.25, 0.3) is 5.91 Å². The highest BCUT2D eigenvalue weighted by Gasteiger charge is 2.38. The van der Waals surface area contributed by atoms with Crippen LogP contribution < -0.4 is 10.1 Å². The SMILES string of the molecule is C/C=C\C(=C/C)n1nc(C(=O)N2CCOCC2(C)C)c2c1-c1cc(C=O)c(OC)cc1NC2. The van der Waals surface area contributed by atoms with Gasteiger partial charge in [0.2, 0.25) is 0 Å². The molecule has 4 rings (SSSR count). The number of carbonyl (C=O) groups excluding carboxylic acids is 2. The number of hydrogen-bond donors (Lipinski definition) is 1. The lowest BCUT2D eigenvalue weighted by Gasteiger charge is -2.41. The number of anilines is 1. The lowest BCUT2D eigenvalue weighted by atomic mass is 9.95. The first-order chi connectivity index (χ1) is 15.9. The van der Waals surface area contributed by atoms with Gasteiger partial charge in [0, 0.05) is 36.0 Å². The Morgan fingerprint density at radius 3 is 2.73 bits per heavy atom. The molecule has 8 heteroatoms. The number of hydrogen-bond acceptors (Lipinski definition) is 6. The van der Waals surface area contributed by atoms with E-state index in [1.54, 1.807) is 10.7 Å². The second-order valence-electron chi connectivity index (χ2n) is 8.73. The van der Waals surface area contributed by atoms with Gasteiger partial charge in [0.05, 0.1) is 42.8 Å². The monoisotopic (exact) mass is 450 g/mol. The van der Waals surface area contributed by atoms with Crippen molar-refractivity contribution in [3.63, 3.8) is 0 Å². The summed E-state index contributed by atoms with van der Waals surface area (Å²) in [4.78, 5) is 27.3. The minimum Gasteiger partial charge on any atom is -0.496 e. The number of allylic oxidation sites excluding steroid dienone is 4. The third-order valence-electron chi connectivity index (χ3n) is 6.16. The molecule has 2 aromatic rings. The van der Waals surface area contributed by atoms with Crippen molar-refractivity contribution in [2.75, 3.05) is 32.2 Å². The summed E-state index contributed by atoms with van der Waals surface area (Å²) in [5.41, 5.74) is 4.49. The predicted molar refractivity (Wildman–Crippen MR) is 128 cm³/mol. The van der Waals surface area contributed by atoms with Crippen LogP contribution in [0, 0.1) is 0 Å². The van der Waals surface area contributed by atoms with Crippen molar-refractivity contribution in [2.24, 2.45) is 0 Å². The second-order valence-corrected chi connectivity index (χ2v) is 8.73. The van der Waals surface area contributed by atoms with Crippen LogP contribution in [0.4, 0.5) is 5.69 Å². The highest BCUT2D eigenvalue weighted by molar-refractivity contribution is 5.99. The number of aromatic nitrogens is 2. The summed E-state index contributed by atoms with van der Waals surface area (Å²) in [6, 6.07) is 3.61. The fourth-order valence-corrected chi connectivity index (χ4v) is 4.47. The largest absolute Gasteiger partial charge is 0.496 e. The average molecular weight is 451 g/mol. The molecule has 0 atom stereocenters. The van der Waals surface area contributed by atoms with Gasteiger partial charge >= 0.3 is 0 Å². The van der Waals surface area contributed by atoms with E-state index < -0.39 is 5.54 Å². The summed E-state index contributed by atoms with van der Waals surface area (Å²) >= 11 is 0. The highest BCUT2D eigenvalue weighted by Crippen LogP contribution is 2.42. The molecule has 3 heterocycles. The van der Waals surface area contributed by atoms with E-state index in [0.29, 0.717) is 43.3 Å². The summed E-state index contributed by atoms with van der Waals surface area (Å²) < 4.78 is 12.8. The van der Waals surface area contributed by atoms with Crippen LogP contribution in [0.5, 0.6) is 5.75 Å². The van der Waals surface area contributed by atoms with Gasteiger partial charge in [-0.05, 0) is 39.8 Å². The number of morpholine rings is 1. The van der Waals surface area contributed by atoms with Gasteiger partial charge in [-0.15, -0.1) is 0 Å². The number of carbonyl (C=O) groups is 2. The summed E-state index contributed by atoms with van der Waals surface area (Å²) in [6.07, 6.45) is 6.61. The van der Waals surface area contributed by atoms with Crippen LogP contribution in [0.1, 0.15) is 54.1 Å². The van der Waals surface area contributed by atoms with E-state index in [9.17, 15) is 9.59 Å². The average Bonchev–Trinajstić information content (AvgIpc) is 3.20. The molecule has 2 aliphatic rings. The normalized spacial score (nSPS) is 17.4. The van der Waals surface area contributed by atoms with E-state index in [1.807, 2.05) is 56.9 Å². The van der Waals surface area contributed by atoms with E-state index in [-0.39, 0.29) is 5.91 Å². The Bertz CT molecular complexity index is 1160. The number of ether oxygens (including phenoxy) is 2. The topological polar surface area (TPSA) is 85.7 Å². The summed E-state index contributed by atoms with van der Waals surface area (Å²) in [6.45, 7) is 9.79. The fourth-order valence-electron chi connectivity index (χ4n) is 4.47. The maximum atomic E-state index is 13.8. The Morgan fingerprint density at radius 1 is 1.30 bits per heavy atom. The van der Waals surface area contributed by atoms with Crippen molar-refractivity contribution >= 4 is 23.6 Å². The van der Waals surface area contributed by atoms with Crippen LogP contribution in [0.3, 0.4) is 0 Å². The molecule has 0 saturated carbocycles. The molecule has 174 valence electrons. The number of amides is 1. The molecule has 0 aliphatic carbocycles. The van der Waals surface area contributed by atoms with Gasteiger partial charge in [-0.1, -0.05) is 12.2 Å². The quantitative estimate of drug-likeness (QED) is 0.548. The zero-order valence-corrected chi connectivity index (χ0v) is 19.8. The molecule has 0 radical (unpaired) electrons. The molecule has 1 N–H and O–H groups in total. The number of benzene rings is 1. The molecule has 0 bridgehead atoms. The van der Waals surface area contributed by atoms with Crippen LogP contribution in [0.25, 0.3) is 17.0 Å². The minimum atomic E-state index is -0.434. The number of fused-ring (bicyclic) bond motifs is 3. The number of nitrogens with zero attached hydrogens (tertiary/aromatic N) is 3.